The Morgan fingerprint density at radius 2 is 2.19 bits per heavy atom. The van der Waals surface area contributed by atoms with E-state index in [4.69, 9.17) is 0 Å². The number of fused-ring (bicyclic) bond motifs is 1. The molecular weight excluding hydrogens is 196 g/mol. The molecule has 0 aromatic carbocycles. The van der Waals surface area contributed by atoms with E-state index in [1.165, 1.54) is 19.3 Å². The van der Waals surface area contributed by atoms with Crippen molar-refractivity contribution in [3.8, 4) is 0 Å². The number of allylic oxidation sites excluding steroid dienone is 3. The molecule has 0 spiro atoms. The smallest absolute Gasteiger partial charge is 0.163 e. The van der Waals surface area contributed by atoms with Crippen LogP contribution < -0.4 is 0 Å². The third kappa shape index (κ3) is 1.66. The number of carbonyl (C=O) groups is 1. The van der Waals surface area contributed by atoms with Crippen LogP contribution in [0.1, 0.15) is 46.5 Å². The van der Waals surface area contributed by atoms with Crippen LogP contribution in [0.15, 0.2) is 23.8 Å². The second kappa shape index (κ2) is 3.87. The van der Waals surface area contributed by atoms with Gasteiger partial charge in [0.15, 0.2) is 5.78 Å². The van der Waals surface area contributed by atoms with E-state index in [1.54, 1.807) is 0 Å². The largest absolute Gasteiger partial charge is 0.294 e. The predicted molar refractivity (Wildman–Crippen MR) is 67.1 cm³/mol. The van der Waals surface area contributed by atoms with Crippen molar-refractivity contribution in [1.29, 1.82) is 0 Å². The maximum Gasteiger partial charge on any atom is 0.163 e. The van der Waals surface area contributed by atoms with Crippen LogP contribution in [0.2, 0.25) is 0 Å². The lowest BCUT2D eigenvalue weighted by Crippen LogP contribution is -2.40. The Kier molecular flexibility index (Phi) is 2.81. The lowest BCUT2D eigenvalue weighted by molar-refractivity contribution is -0.118. The first-order valence-corrected chi connectivity index (χ1v) is 6.37. The molecule has 1 heteroatoms. The molecule has 1 fully saturated rings. The summed E-state index contributed by atoms with van der Waals surface area (Å²) in [6.45, 7) is 10.5. The van der Waals surface area contributed by atoms with E-state index in [-0.39, 0.29) is 5.41 Å². The van der Waals surface area contributed by atoms with Crippen LogP contribution in [0.4, 0.5) is 0 Å². The minimum atomic E-state index is 0.223. The predicted octanol–water partition coefficient (Wildman–Crippen LogP) is 3.90. The van der Waals surface area contributed by atoms with Gasteiger partial charge in [0.2, 0.25) is 0 Å². The van der Waals surface area contributed by atoms with Gasteiger partial charge in [0.1, 0.15) is 0 Å². The van der Waals surface area contributed by atoms with E-state index in [2.05, 4.69) is 26.5 Å². The Hall–Kier alpha value is -0.850. The average molecular weight is 218 g/mol. The molecular formula is C15H22O. The third-order valence-electron chi connectivity index (χ3n) is 4.78. The second-order valence-corrected chi connectivity index (χ2v) is 5.86. The highest BCUT2D eigenvalue weighted by molar-refractivity contribution is 6.00. The van der Waals surface area contributed by atoms with Gasteiger partial charge in [-0.25, -0.2) is 0 Å². The maximum atomic E-state index is 12.0. The lowest BCUT2D eigenvalue weighted by Gasteiger charge is -2.47. The fraction of sp³-hybridized carbons (Fsp3) is 0.667. The molecule has 0 heterocycles. The average Bonchev–Trinajstić information content (AvgIpc) is 2.20. The van der Waals surface area contributed by atoms with E-state index < -0.39 is 0 Å². The van der Waals surface area contributed by atoms with E-state index in [9.17, 15) is 4.79 Å². The molecule has 0 aromatic heterocycles. The fourth-order valence-electron chi connectivity index (χ4n) is 3.36. The summed E-state index contributed by atoms with van der Waals surface area (Å²) < 4.78 is 0. The molecule has 0 aromatic rings. The molecule has 0 N–H and O–H groups in total. The zero-order valence-electron chi connectivity index (χ0n) is 10.7. The first-order chi connectivity index (χ1) is 7.45. The molecule has 88 valence electrons. The monoisotopic (exact) mass is 218 g/mol. The van der Waals surface area contributed by atoms with Crippen LogP contribution in [0.5, 0.6) is 0 Å². The van der Waals surface area contributed by atoms with Crippen molar-refractivity contribution in [2.24, 2.45) is 17.3 Å². The number of carbonyl (C=O) groups excluding carboxylic acids is 1. The van der Waals surface area contributed by atoms with Crippen molar-refractivity contribution in [3.63, 3.8) is 0 Å². The van der Waals surface area contributed by atoms with Crippen molar-refractivity contribution in [3.05, 3.63) is 23.8 Å². The van der Waals surface area contributed by atoms with Gasteiger partial charge in [-0.1, -0.05) is 32.9 Å². The van der Waals surface area contributed by atoms with Gasteiger partial charge >= 0.3 is 0 Å². The fourth-order valence-corrected chi connectivity index (χ4v) is 3.36. The van der Waals surface area contributed by atoms with Crippen molar-refractivity contribution in [2.45, 2.75) is 46.5 Å². The van der Waals surface area contributed by atoms with Gasteiger partial charge in [0.25, 0.3) is 0 Å². The maximum absolute atomic E-state index is 12.0. The minimum absolute atomic E-state index is 0.223. The number of hydrogen-bond acceptors (Lipinski definition) is 1. The highest BCUT2D eigenvalue weighted by Crippen LogP contribution is 2.51. The van der Waals surface area contributed by atoms with E-state index in [0.717, 1.165) is 17.6 Å². The van der Waals surface area contributed by atoms with E-state index >= 15 is 0 Å². The summed E-state index contributed by atoms with van der Waals surface area (Å²) in [7, 11) is 0. The third-order valence-corrected chi connectivity index (χ3v) is 4.78. The Balaban J connectivity index is 2.42. The lowest BCUT2D eigenvalue weighted by atomic mass is 9.57. The Labute approximate surface area is 98.6 Å². The molecule has 0 bridgehead atoms. The van der Waals surface area contributed by atoms with Crippen molar-refractivity contribution < 1.29 is 4.79 Å². The SMILES string of the molecule is C=C(C)C1=C[C@]2(C)[C@@H](CCC[C@H]2C)CC1=O. The molecule has 0 aliphatic heterocycles. The molecule has 2 aliphatic rings. The van der Waals surface area contributed by atoms with Gasteiger partial charge in [-0.15, -0.1) is 0 Å². The quantitative estimate of drug-likeness (QED) is 0.652. The number of Topliss-reactive ketones (excluding diaryl/α,β-unsaturated/α-hetero) is 1. The Bertz CT molecular complexity index is 364. The van der Waals surface area contributed by atoms with Gasteiger partial charge in [-0.3, -0.25) is 4.79 Å². The summed E-state index contributed by atoms with van der Waals surface area (Å²) in [4.78, 5) is 12.0. The molecule has 1 saturated carbocycles. The highest BCUT2D eigenvalue weighted by atomic mass is 16.1. The van der Waals surface area contributed by atoms with Gasteiger partial charge in [0, 0.05) is 12.0 Å². The van der Waals surface area contributed by atoms with E-state index in [0.29, 0.717) is 17.6 Å². The first-order valence-electron chi connectivity index (χ1n) is 6.37. The van der Waals surface area contributed by atoms with Crippen LogP contribution in [0, 0.1) is 17.3 Å². The zero-order chi connectivity index (χ0) is 11.9. The molecule has 2 rings (SSSR count). The molecule has 16 heavy (non-hydrogen) atoms. The molecule has 1 nitrogen and oxygen atoms in total. The minimum Gasteiger partial charge on any atom is -0.294 e. The van der Waals surface area contributed by atoms with Crippen LogP contribution in [-0.4, -0.2) is 5.78 Å². The normalized spacial score (nSPS) is 38.9. The number of hydrogen-bond donors (Lipinski definition) is 0. The standard InChI is InChI=1S/C15H22O/c1-10(2)13-9-15(4)11(3)6-5-7-12(15)8-14(13)16/h9,11-12H,1,5-8H2,2-4H3/t11-,12+,15+/m1/s1. The molecule has 0 radical (unpaired) electrons. The summed E-state index contributed by atoms with van der Waals surface area (Å²) >= 11 is 0. The molecule has 0 saturated heterocycles. The Morgan fingerprint density at radius 1 is 1.50 bits per heavy atom. The topological polar surface area (TPSA) is 17.1 Å². The van der Waals surface area contributed by atoms with Gasteiger partial charge in [-0.05, 0) is 42.6 Å². The first kappa shape index (κ1) is 11.6. The second-order valence-electron chi connectivity index (χ2n) is 5.86. The van der Waals surface area contributed by atoms with Crippen molar-refractivity contribution in [1.82, 2.24) is 0 Å². The summed E-state index contributed by atoms with van der Waals surface area (Å²) in [5.74, 6) is 1.56. The van der Waals surface area contributed by atoms with Gasteiger partial charge in [0.05, 0.1) is 0 Å². The van der Waals surface area contributed by atoms with Crippen molar-refractivity contribution >= 4 is 5.78 Å². The molecule has 3 atom stereocenters. The molecule has 0 amide bonds. The molecule has 2 aliphatic carbocycles. The number of ketones is 1. The number of rotatable bonds is 1. The highest BCUT2D eigenvalue weighted by Gasteiger charge is 2.44. The summed E-state index contributed by atoms with van der Waals surface area (Å²) in [6, 6.07) is 0. The van der Waals surface area contributed by atoms with E-state index in [1.807, 2.05) is 6.92 Å². The van der Waals surface area contributed by atoms with Gasteiger partial charge < -0.3 is 0 Å². The Morgan fingerprint density at radius 3 is 2.81 bits per heavy atom. The van der Waals surface area contributed by atoms with Crippen LogP contribution >= 0.6 is 0 Å². The van der Waals surface area contributed by atoms with Crippen molar-refractivity contribution in [2.75, 3.05) is 0 Å². The molecule has 0 unspecified atom stereocenters. The van der Waals surface area contributed by atoms with Gasteiger partial charge in [-0.2, -0.15) is 0 Å². The summed E-state index contributed by atoms with van der Waals surface area (Å²) in [5.41, 5.74) is 2.05. The van der Waals surface area contributed by atoms with Crippen LogP contribution in [-0.2, 0) is 4.79 Å². The summed E-state index contributed by atoms with van der Waals surface area (Å²) in [5, 5.41) is 0. The zero-order valence-corrected chi connectivity index (χ0v) is 10.7. The van der Waals surface area contributed by atoms with Crippen LogP contribution in [0.3, 0.4) is 0 Å². The summed E-state index contributed by atoms with van der Waals surface area (Å²) in [6.07, 6.45) is 6.76. The van der Waals surface area contributed by atoms with Crippen LogP contribution in [0.25, 0.3) is 0 Å².